The molecule has 0 bridgehead atoms. The van der Waals surface area contributed by atoms with E-state index in [0.717, 1.165) is 12.1 Å². The Bertz CT molecular complexity index is 1300. The van der Waals surface area contributed by atoms with Crippen molar-refractivity contribution in [2.75, 3.05) is 11.3 Å². The molecule has 0 aliphatic rings. The molecule has 150 valence electrons. The van der Waals surface area contributed by atoms with Gasteiger partial charge in [-0.1, -0.05) is 0 Å². The third-order valence-electron chi connectivity index (χ3n) is 3.84. The van der Waals surface area contributed by atoms with Gasteiger partial charge in [0.25, 0.3) is 5.56 Å². The van der Waals surface area contributed by atoms with Crippen molar-refractivity contribution in [3.8, 4) is 17.6 Å². The molecule has 11 heteroatoms. The second-order valence-corrected chi connectivity index (χ2v) is 7.16. The first-order chi connectivity index (χ1) is 13.8. The fourth-order valence-electron chi connectivity index (χ4n) is 2.54. The third kappa shape index (κ3) is 4.18. The van der Waals surface area contributed by atoms with Crippen LogP contribution in [0, 0.1) is 17.1 Å². The number of nitrogens with zero attached hydrogens (tertiary/aromatic N) is 3. The molecule has 0 unspecified atom stereocenters. The van der Waals surface area contributed by atoms with Gasteiger partial charge in [-0.2, -0.15) is 13.7 Å². The predicted octanol–water partition coefficient (Wildman–Crippen LogP) is 2.43. The van der Waals surface area contributed by atoms with Crippen LogP contribution in [0.25, 0.3) is 10.9 Å². The molecule has 1 N–H and O–H groups in total. The molecule has 1 heterocycles. The Morgan fingerprint density at radius 3 is 2.76 bits per heavy atom. The number of hydrogen-bond donors (Lipinski definition) is 1. The van der Waals surface area contributed by atoms with E-state index in [1.165, 1.54) is 43.1 Å². The molecule has 0 radical (unpaired) electrons. The van der Waals surface area contributed by atoms with Crippen LogP contribution in [0.1, 0.15) is 12.5 Å². The maximum Gasteiger partial charge on any atom is 0.360 e. The van der Waals surface area contributed by atoms with Crippen molar-refractivity contribution in [2.24, 2.45) is 7.05 Å². The fraction of sp³-hybridized carbons (Fsp3) is 0.167. The number of fused-ring (bicyclic) bond motifs is 1. The first kappa shape index (κ1) is 20.2. The highest BCUT2D eigenvalue weighted by Crippen LogP contribution is 2.34. The highest BCUT2D eigenvalue weighted by atomic mass is 32.2. The van der Waals surface area contributed by atoms with Crippen LogP contribution in [0.2, 0.25) is 0 Å². The summed E-state index contributed by atoms with van der Waals surface area (Å²) in [6.45, 7) is 1.35. The van der Waals surface area contributed by atoms with E-state index in [9.17, 15) is 22.9 Å². The fourth-order valence-corrected chi connectivity index (χ4v) is 3.35. The van der Waals surface area contributed by atoms with Crippen LogP contribution in [0.15, 0.2) is 41.5 Å². The summed E-state index contributed by atoms with van der Waals surface area (Å²) in [6.07, 6.45) is 1.37. The van der Waals surface area contributed by atoms with Gasteiger partial charge in [-0.15, -0.1) is 0 Å². The molecule has 29 heavy (non-hydrogen) atoms. The molecule has 0 aliphatic carbocycles. The van der Waals surface area contributed by atoms with Crippen LogP contribution in [0.5, 0.6) is 11.5 Å². The van der Waals surface area contributed by atoms with E-state index in [1.807, 2.05) is 0 Å². The summed E-state index contributed by atoms with van der Waals surface area (Å²) >= 11 is 0. The highest BCUT2D eigenvalue weighted by molar-refractivity contribution is 7.88. The molecular weight excluding hydrogens is 403 g/mol. The van der Waals surface area contributed by atoms with Gasteiger partial charge < -0.3 is 9.30 Å². The normalized spacial score (nSPS) is 11.2. The number of nitrogens with one attached hydrogen (secondary N) is 1. The summed E-state index contributed by atoms with van der Waals surface area (Å²) in [6, 6.07) is 8.07. The minimum absolute atomic E-state index is 0.0721. The second kappa shape index (κ2) is 7.86. The Morgan fingerprint density at radius 2 is 2.07 bits per heavy atom. The van der Waals surface area contributed by atoms with Crippen LogP contribution in [0.4, 0.5) is 10.1 Å². The maximum absolute atomic E-state index is 14.4. The van der Waals surface area contributed by atoms with Crippen molar-refractivity contribution in [2.45, 2.75) is 6.92 Å². The average Bonchev–Trinajstić information content (AvgIpc) is 2.67. The van der Waals surface area contributed by atoms with Gasteiger partial charge in [0.15, 0.2) is 11.6 Å². The molecular formula is C18H15FN4O5S. The average molecular weight is 418 g/mol. The lowest BCUT2D eigenvalue weighted by molar-refractivity contribution is 0.342. The van der Waals surface area contributed by atoms with E-state index >= 15 is 0 Å². The first-order valence-corrected chi connectivity index (χ1v) is 9.69. The number of benzene rings is 2. The summed E-state index contributed by atoms with van der Waals surface area (Å²) in [5.41, 5.74) is -0.512. The van der Waals surface area contributed by atoms with Gasteiger partial charge in [0.05, 0.1) is 29.5 Å². The predicted molar refractivity (Wildman–Crippen MR) is 102 cm³/mol. The van der Waals surface area contributed by atoms with Crippen molar-refractivity contribution < 1.29 is 21.7 Å². The maximum atomic E-state index is 14.4. The van der Waals surface area contributed by atoms with Crippen molar-refractivity contribution in [3.05, 3.63) is 58.4 Å². The minimum atomic E-state index is -4.19. The van der Waals surface area contributed by atoms with Gasteiger partial charge in [0, 0.05) is 7.05 Å². The molecule has 0 saturated heterocycles. The molecule has 0 aliphatic heterocycles. The quantitative estimate of drug-likeness (QED) is 0.652. The zero-order valence-electron chi connectivity index (χ0n) is 15.3. The van der Waals surface area contributed by atoms with Crippen LogP contribution in [0.3, 0.4) is 0 Å². The zero-order valence-corrected chi connectivity index (χ0v) is 16.2. The summed E-state index contributed by atoms with van der Waals surface area (Å²) in [4.78, 5) is 16.3. The van der Waals surface area contributed by atoms with Crippen molar-refractivity contribution in [1.82, 2.24) is 9.55 Å². The van der Waals surface area contributed by atoms with Crippen molar-refractivity contribution in [3.63, 3.8) is 0 Å². The van der Waals surface area contributed by atoms with Gasteiger partial charge in [0.1, 0.15) is 17.4 Å². The Labute approximate surface area is 165 Å². The SMILES string of the molecule is CCOS(=O)(=O)Nc1ccc(F)c(Oc2ccc3ncn(C)c(=O)c3c2)c1C#N. The smallest absolute Gasteiger partial charge is 0.360 e. The number of aryl methyl sites for hydroxylation is 1. The second-order valence-electron chi connectivity index (χ2n) is 5.82. The van der Waals surface area contributed by atoms with Crippen molar-refractivity contribution >= 4 is 26.9 Å². The number of rotatable bonds is 6. The van der Waals surface area contributed by atoms with E-state index in [4.69, 9.17) is 4.74 Å². The largest absolute Gasteiger partial charge is 0.453 e. The Hall–Kier alpha value is -3.49. The van der Waals surface area contributed by atoms with Crippen LogP contribution in [-0.4, -0.2) is 24.6 Å². The summed E-state index contributed by atoms with van der Waals surface area (Å²) in [7, 11) is -2.66. The number of aromatic nitrogens is 2. The lowest BCUT2D eigenvalue weighted by Crippen LogP contribution is -2.17. The van der Waals surface area contributed by atoms with Crippen LogP contribution < -0.4 is 15.0 Å². The topological polar surface area (TPSA) is 123 Å². The molecule has 3 rings (SSSR count). The standard InChI is InChI=1S/C18H15FN4O5S/c1-3-27-29(25,26)22-16-7-5-14(19)17(13(16)9-20)28-11-4-6-15-12(8-11)18(24)23(2)10-21-15/h4-8,10,22H,3H2,1-2H3. The Kier molecular flexibility index (Phi) is 5.49. The van der Waals surface area contributed by atoms with Gasteiger partial charge in [0.2, 0.25) is 0 Å². The molecule has 1 aromatic heterocycles. The molecule has 9 nitrogen and oxygen atoms in total. The number of ether oxygens (including phenoxy) is 1. The van der Waals surface area contributed by atoms with E-state index < -0.39 is 21.9 Å². The van der Waals surface area contributed by atoms with E-state index in [2.05, 4.69) is 13.9 Å². The summed E-state index contributed by atoms with van der Waals surface area (Å²) in [5, 5.41) is 9.68. The molecule has 2 aromatic carbocycles. The first-order valence-electron chi connectivity index (χ1n) is 8.28. The van der Waals surface area contributed by atoms with E-state index in [0.29, 0.717) is 5.52 Å². The monoisotopic (exact) mass is 418 g/mol. The Balaban J connectivity index is 2.06. The van der Waals surface area contributed by atoms with Crippen LogP contribution in [-0.2, 0) is 21.5 Å². The van der Waals surface area contributed by atoms with Gasteiger partial charge >= 0.3 is 10.3 Å². The van der Waals surface area contributed by atoms with Gasteiger partial charge in [-0.05, 0) is 37.3 Å². The zero-order chi connectivity index (χ0) is 21.2. The molecule has 0 atom stereocenters. The Morgan fingerprint density at radius 1 is 1.31 bits per heavy atom. The molecule has 0 fully saturated rings. The molecule has 0 spiro atoms. The minimum Gasteiger partial charge on any atom is -0.453 e. The summed E-state index contributed by atoms with van der Waals surface area (Å²) in [5.74, 6) is -1.31. The molecule has 0 amide bonds. The number of halogens is 1. The van der Waals surface area contributed by atoms with E-state index in [1.54, 1.807) is 6.07 Å². The van der Waals surface area contributed by atoms with Crippen LogP contribution >= 0.6 is 0 Å². The lowest BCUT2D eigenvalue weighted by atomic mass is 10.1. The van der Waals surface area contributed by atoms with Gasteiger partial charge in [-0.25, -0.2) is 9.37 Å². The van der Waals surface area contributed by atoms with Gasteiger partial charge in [-0.3, -0.25) is 13.7 Å². The van der Waals surface area contributed by atoms with E-state index in [-0.39, 0.29) is 34.6 Å². The number of hydrogen-bond acceptors (Lipinski definition) is 7. The van der Waals surface area contributed by atoms with Crippen molar-refractivity contribution in [1.29, 1.82) is 5.26 Å². The number of nitriles is 1. The third-order valence-corrected chi connectivity index (χ3v) is 4.85. The number of anilines is 1. The molecule has 3 aromatic rings. The lowest BCUT2D eigenvalue weighted by Gasteiger charge is -2.13. The highest BCUT2D eigenvalue weighted by Gasteiger charge is 2.20. The summed E-state index contributed by atoms with van der Waals surface area (Å²) < 4.78 is 51.4. The molecule has 0 saturated carbocycles.